The lowest BCUT2D eigenvalue weighted by Gasteiger charge is -2.08. The summed E-state index contributed by atoms with van der Waals surface area (Å²) in [5.41, 5.74) is 1.15. The van der Waals surface area contributed by atoms with Gasteiger partial charge in [0.1, 0.15) is 13.2 Å². The molecule has 0 spiro atoms. The van der Waals surface area contributed by atoms with Gasteiger partial charge < -0.3 is 49.3 Å². The molecule has 5 rings (SSSR count). The van der Waals surface area contributed by atoms with Gasteiger partial charge in [0, 0.05) is 22.3 Å². The van der Waals surface area contributed by atoms with Crippen LogP contribution in [-0.4, -0.2) is 84.9 Å². The maximum atomic E-state index is 10.5. The van der Waals surface area contributed by atoms with Crippen LogP contribution in [0.3, 0.4) is 0 Å². The standard InChI is InChI=1S/C30H30N4O10/c35-27-21-5-3-7-25(27)39-11-1-2-12-40-26-8-4-6-22(28(26)36)18-32-42-14-16-44-34-20-24-10-9-23(29(37)30(24)38)19-33-43-15-13-41-31-17-21/h1-10,17-20,35-38H,11-16H2/b2-1+,31-17+,32-18+,33-19+,34-20+. The first kappa shape index (κ1) is 31.0. The summed E-state index contributed by atoms with van der Waals surface area (Å²) in [5, 5.41) is 56.6. The molecule has 44 heavy (non-hydrogen) atoms. The zero-order valence-corrected chi connectivity index (χ0v) is 23.4. The lowest BCUT2D eigenvalue weighted by Crippen LogP contribution is -2.00. The van der Waals surface area contributed by atoms with Crippen molar-refractivity contribution in [2.24, 2.45) is 20.6 Å². The van der Waals surface area contributed by atoms with Gasteiger partial charge in [-0.15, -0.1) is 0 Å². The van der Waals surface area contributed by atoms with Gasteiger partial charge in [0.25, 0.3) is 0 Å². The molecular formula is C30H30N4O10. The van der Waals surface area contributed by atoms with Gasteiger partial charge in [-0.25, -0.2) is 0 Å². The summed E-state index contributed by atoms with van der Waals surface area (Å²) in [6.07, 6.45) is 8.50. The largest absolute Gasteiger partial charge is 0.504 e. The zero-order chi connectivity index (χ0) is 31.0. The Hall–Kier alpha value is -5.92. The van der Waals surface area contributed by atoms with Crippen LogP contribution in [0.4, 0.5) is 0 Å². The van der Waals surface area contributed by atoms with Crippen molar-refractivity contribution in [1.29, 1.82) is 0 Å². The molecule has 0 fully saturated rings. The fourth-order valence-corrected chi connectivity index (χ4v) is 3.49. The van der Waals surface area contributed by atoms with E-state index in [9.17, 15) is 20.4 Å². The van der Waals surface area contributed by atoms with Crippen molar-refractivity contribution in [3.05, 3.63) is 82.9 Å². The van der Waals surface area contributed by atoms with Crippen LogP contribution in [-0.2, 0) is 19.4 Å². The molecule has 3 aromatic rings. The van der Waals surface area contributed by atoms with Crippen molar-refractivity contribution in [2.75, 3.05) is 39.6 Å². The number of para-hydroxylation sites is 2. The van der Waals surface area contributed by atoms with Gasteiger partial charge in [-0.1, -0.05) is 32.8 Å². The lowest BCUT2D eigenvalue weighted by atomic mass is 10.1. The Kier molecular flexibility index (Phi) is 11.6. The molecule has 0 aliphatic carbocycles. The van der Waals surface area contributed by atoms with Crippen LogP contribution >= 0.6 is 0 Å². The molecule has 0 unspecified atom stereocenters. The minimum Gasteiger partial charge on any atom is -0.504 e. The highest BCUT2D eigenvalue weighted by molar-refractivity contribution is 5.91. The Balaban J connectivity index is 1.43. The van der Waals surface area contributed by atoms with E-state index < -0.39 is 11.5 Å². The highest BCUT2D eigenvalue weighted by Gasteiger charge is 2.10. The first-order chi connectivity index (χ1) is 21.5. The third kappa shape index (κ3) is 9.04. The minimum atomic E-state index is -0.425. The van der Waals surface area contributed by atoms with Crippen LogP contribution in [0.2, 0.25) is 0 Å². The van der Waals surface area contributed by atoms with Gasteiger partial charge in [-0.3, -0.25) is 0 Å². The van der Waals surface area contributed by atoms with E-state index in [0.717, 1.165) is 0 Å². The molecule has 14 heteroatoms. The summed E-state index contributed by atoms with van der Waals surface area (Å²) in [4.78, 5) is 20.4. The molecule has 0 saturated carbocycles. The van der Waals surface area contributed by atoms with Gasteiger partial charge in [0.2, 0.25) is 0 Å². The minimum absolute atomic E-state index is 0.0356. The summed E-state index contributed by atoms with van der Waals surface area (Å²) in [6.45, 7) is 0.465. The smallest absolute Gasteiger partial charge is 0.167 e. The first-order valence-corrected chi connectivity index (χ1v) is 13.3. The number of oxime groups is 4. The van der Waals surface area contributed by atoms with Gasteiger partial charge in [0.15, 0.2) is 60.9 Å². The van der Waals surface area contributed by atoms with Gasteiger partial charge in [-0.05, 0) is 48.6 Å². The highest BCUT2D eigenvalue weighted by atomic mass is 16.7. The number of hydrogen-bond acceptors (Lipinski definition) is 14. The lowest BCUT2D eigenvalue weighted by molar-refractivity contribution is 0.0552. The van der Waals surface area contributed by atoms with E-state index in [2.05, 4.69) is 20.6 Å². The van der Waals surface area contributed by atoms with Crippen molar-refractivity contribution < 1.29 is 49.3 Å². The van der Waals surface area contributed by atoms with Crippen molar-refractivity contribution in [3.8, 4) is 34.5 Å². The van der Waals surface area contributed by atoms with Crippen molar-refractivity contribution in [2.45, 2.75) is 0 Å². The number of phenolic OH excluding ortho intramolecular Hbond substituents is 4. The number of hydrogen-bond donors (Lipinski definition) is 4. The zero-order valence-electron chi connectivity index (χ0n) is 23.4. The van der Waals surface area contributed by atoms with Crippen molar-refractivity contribution in [1.82, 2.24) is 0 Å². The average molecular weight is 607 g/mol. The van der Waals surface area contributed by atoms with Crippen molar-refractivity contribution >= 4 is 24.9 Å². The van der Waals surface area contributed by atoms with Crippen LogP contribution in [0.15, 0.2) is 81.3 Å². The fourth-order valence-electron chi connectivity index (χ4n) is 3.49. The van der Waals surface area contributed by atoms with Gasteiger partial charge >= 0.3 is 0 Å². The topological polar surface area (TPSA) is 186 Å². The van der Waals surface area contributed by atoms with E-state index in [-0.39, 0.29) is 73.8 Å². The Morgan fingerprint density at radius 3 is 1.14 bits per heavy atom. The normalized spacial score (nSPS) is 18.5. The number of ether oxygens (including phenoxy) is 2. The van der Waals surface area contributed by atoms with E-state index in [1.54, 1.807) is 48.6 Å². The second kappa shape index (κ2) is 16.5. The predicted molar refractivity (Wildman–Crippen MR) is 160 cm³/mol. The number of benzene rings is 3. The van der Waals surface area contributed by atoms with Crippen molar-refractivity contribution in [3.63, 3.8) is 0 Å². The van der Waals surface area contributed by atoms with Crippen LogP contribution in [0, 0.1) is 0 Å². The SMILES string of the molecule is Oc1c2cccc1OC/C=C/COc1cccc(c1O)/C=N/OCCO/N=C/c1ccc(c(O)c1O)/C=N/OCCO/N=C/2. The second-order valence-electron chi connectivity index (χ2n) is 8.69. The van der Waals surface area contributed by atoms with Crippen LogP contribution in [0.5, 0.6) is 34.5 Å². The Labute approximate surface area is 251 Å². The number of rotatable bonds is 0. The molecule has 0 saturated heterocycles. The second-order valence-corrected chi connectivity index (χ2v) is 8.69. The molecule has 2 aliphatic rings. The summed E-state index contributed by atoms with van der Waals surface area (Å²) in [5.74, 6) is -0.586. The molecule has 6 bridgehead atoms. The van der Waals surface area contributed by atoms with E-state index >= 15 is 0 Å². The fraction of sp³-hybridized carbons (Fsp3) is 0.200. The number of fused-ring (bicyclic) bond motifs is 16. The molecule has 3 aromatic carbocycles. The summed E-state index contributed by atoms with van der Waals surface area (Å²) >= 11 is 0. The first-order valence-electron chi connectivity index (χ1n) is 13.3. The molecular weight excluding hydrogens is 576 g/mol. The van der Waals surface area contributed by atoms with Gasteiger partial charge in [0.05, 0.1) is 24.9 Å². The molecule has 0 radical (unpaired) electrons. The van der Waals surface area contributed by atoms with Crippen LogP contribution in [0.1, 0.15) is 22.3 Å². The molecule has 14 nitrogen and oxygen atoms in total. The summed E-state index contributed by atoms with van der Waals surface area (Å²) < 4.78 is 11.2. The number of aromatic hydroxyl groups is 4. The maximum Gasteiger partial charge on any atom is 0.167 e. The number of nitrogens with zero attached hydrogens (tertiary/aromatic N) is 4. The Bertz CT molecular complexity index is 1430. The van der Waals surface area contributed by atoms with E-state index in [4.69, 9.17) is 28.8 Å². The highest BCUT2D eigenvalue weighted by Crippen LogP contribution is 2.31. The van der Waals surface area contributed by atoms with Crippen LogP contribution in [0.25, 0.3) is 0 Å². The van der Waals surface area contributed by atoms with E-state index in [1.165, 1.54) is 37.0 Å². The van der Waals surface area contributed by atoms with Gasteiger partial charge in [-0.2, -0.15) is 0 Å². The Morgan fingerprint density at radius 1 is 0.432 bits per heavy atom. The molecule has 0 aromatic heterocycles. The Morgan fingerprint density at radius 2 is 0.773 bits per heavy atom. The maximum absolute atomic E-state index is 10.5. The average Bonchev–Trinajstić information content (AvgIpc) is 3.02. The summed E-state index contributed by atoms with van der Waals surface area (Å²) in [7, 11) is 0. The summed E-state index contributed by atoms with van der Waals surface area (Å²) in [6, 6.07) is 12.9. The third-order valence-corrected chi connectivity index (χ3v) is 5.71. The molecule has 2 heterocycles. The van der Waals surface area contributed by atoms with E-state index in [0.29, 0.717) is 11.1 Å². The van der Waals surface area contributed by atoms with E-state index in [1.807, 2.05) is 0 Å². The number of phenols is 4. The molecule has 0 amide bonds. The molecule has 4 N–H and O–H groups in total. The molecule has 230 valence electrons. The quantitative estimate of drug-likeness (QED) is 0.217. The predicted octanol–water partition coefficient (Wildman–Crippen LogP) is 3.64. The molecule has 0 atom stereocenters. The van der Waals surface area contributed by atoms with Crippen LogP contribution < -0.4 is 9.47 Å². The molecule has 2 aliphatic heterocycles. The third-order valence-electron chi connectivity index (χ3n) is 5.71. The monoisotopic (exact) mass is 606 g/mol.